The Morgan fingerprint density at radius 1 is 0.932 bits per heavy atom. The first-order valence-corrected chi connectivity index (χ1v) is 21.4. The van der Waals surface area contributed by atoms with Crippen molar-refractivity contribution in [2.45, 2.75) is 175 Å². The van der Waals surface area contributed by atoms with Crippen molar-refractivity contribution in [2.24, 2.45) is 17.8 Å². The number of rotatable bonds is 18. The minimum Gasteiger partial charge on any atom is -0.462 e. The normalized spacial score (nSPS) is 19.9. The fourth-order valence-electron chi connectivity index (χ4n) is 7.97. The Kier molecular flexibility index (Phi) is 18.3. The van der Waals surface area contributed by atoms with Crippen molar-refractivity contribution >= 4 is 30.0 Å². The van der Waals surface area contributed by atoms with E-state index in [9.17, 15) is 29.2 Å². The number of hydrogen-bond acceptors (Lipinski definition) is 10. The van der Waals surface area contributed by atoms with Crippen LogP contribution in [0, 0.1) is 17.8 Å². The van der Waals surface area contributed by atoms with Crippen molar-refractivity contribution in [3.63, 3.8) is 0 Å². The molecule has 2 fully saturated rings. The molecule has 0 aromatic heterocycles. The highest BCUT2D eigenvalue weighted by Crippen LogP contribution is 2.38. The number of ether oxygens (including phenoxy) is 3. The zero-order chi connectivity index (χ0) is 44.1. The standard InChI is InChI=1S/C45H73N5O9/c1-30(2)26-34(47-42(55)59-43(5,6)7)23-22-33(27-32-18-13-12-14-19-32)39(52)49-25-17-21-37(49)48-38(51)36(40(53)57-31(3)4)20-15-16-24-46-41(54)58-35-28-44(8,9)50(56)45(10,11)29-35/h12-14,18-19,22-23,30-31,33-37,56H,15-17,20-21,24-29H2,1-11H3,(H,46,54)(H,47,55)(H,48,51)/b23-22+/t33-,34-,36+,37+/m1/s1. The smallest absolute Gasteiger partial charge is 0.408 e. The number of carbonyl (C=O) groups is 5. The molecule has 0 saturated carbocycles. The molecule has 2 aliphatic heterocycles. The number of nitrogens with zero attached hydrogens (tertiary/aromatic N) is 2. The number of likely N-dealkylation sites (tertiary alicyclic amines) is 1. The van der Waals surface area contributed by atoms with Crippen LogP contribution in [0.3, 0.4) is 0 Å². The predicted octanol–water partition coefficient (Wildman–Crippen LogP) is 7.28. The minimum atomic E-state index is -1.11. The van der Waals surface area contributed by atoms with Gasteiger partial charge in [0.05, 0.1) is 18.1 Å². The summed E-state index contributed by atoms with van der Waals surface area (Å²) in [6, 6.07) is 9.33. The second-order valence-electron chi connectivity index (χ2n) is 19.1. The molecule has 59 heavy (non-hydrogen) atoms. The van der Waals surface area contributed by atoms with Crippen LogP contribution in [-0.4, -0.2) is 99.3 Å². The van der Waals surface area contributed by atoms with Gasteiger partial charge in [-0.1, -0.05) is 62.8 Å². The Labute approximate surface area is 352 Å². The largest absolute Gasteiger partial charge is 0.462 e. The Morgan fingerprint density at radius 3 is 2.17 bits per heavy atom. The number of piperidine rings is 1. The van der Waals surface area contributed by atoms with Crippen molar-refractivity contribution in [1.29, 1.82) is 0 Å². The molecule has 0 spiro atoms. The van der Waals surface area contributed by atoms with Gasteiger partial charge < -0.3 is 40.3 Å². The van der Waals surface area contributed by atoms with Crippen LogP contribution >= 0.6 is 0 Å². The summed E-state index contributed by atoms with van der Waals surface area (Å²) >= 11 is 0. The lowest BCUT2D eigenvalue weighted by Crippen LogP contribution is -2.60. The summed E-state index contributed by atoms with van der Waals surface area (Å²) in [6.07, 6.45) is 5.56. The first-order valence-electron chi connectivity index (χ1n) is 21.4. The zero-order valence-electron chi connectivity index (χ0n) is 37.5. The van der Waals surface area contributed by atoms with Gasteiger partial charge in [0.15, 0.2) is 0 Å². The van der Waals surface area contributed by atoms with Crippen LogP contribution < -0.4 is 16.0 Å². The molecule has 0 radical (unpaired) electrons. The van der Waals surface area contributed by atoms with Crippen LogP contribution in [0.15, 0.2) is 42.5 Å². The molecule has 14 heteroatoms. The maximum Gasteiger partial charge on any atom is 0.408 e. The van der Waals surface area contributed by atoms with E-state index in [2.05, 4.69) is 29.8 Å². The highest BCUT2D eigenvalue weighted by molar-refractivity contribution is 5.98. The number of alkyl carbamates (subject to hydrolysis) is 2. The van der Waals surface area contributed by atoms with Gasteiger partial charge in [0.2, 0.25) is 11.8 Å². The lowest BCUT2D eigenvalue weighted by Gasteiger charge is -2.50. The lowest BCUT2D eigenvalue weighted by atomic mass is 9.80. The molecular formula is C45H73N5O9. The van der Waals surface area contributed by atoms with E-state index in [4.69, 9.17) is 14.2 Å². The Hall–Kier alpha value is -4.17. The number of carbonyl (C=O) groups excluding carboxylic acids is 5. The summed E-state index contributed by atoms with van der Waals surface area (Å²) in [5.41, 5.74) is -0.814. The minimum absolute atomic E-state index is 0.165. The third-order valence-electron chi connectivity index (χ3n) is 10.5. The molecule has 0 bridgehead atoms. The van der Waals surface area contributed by atoms with E-state index in [0.717, 1.165) is 5.56 Å². The number of benzene rings is 1. The van der Waals surface area contributed by atoms with Gasteiger partial charge in [-0.15, -0.1) is 0 Å². The van der Waals surface area contributed by atoms with Gasteiger partial charge in [-0.25, -0.2) is 9.59 Å². The molecule has 4 N–H and O–H groups in total. The quantitative estimate of drug-likeness (QED) is 0.0387. The van der Waals surface area contributed by atoms with E-state index in [1.165, 1.54) is 5.06 Å². The SMILES string of the molecule is CC(C)C[C@@H](/C=C/[C@H](Cc1ccccc1)C(=O)N1CCC[C@H]1NC(=O)[C@H](CCCCNC(=O)OC1CC(C)(C)N(O)C(C)(C)C1)C(=O)OC(C)C)NC(=O)OC(C)(C)C. The topological polar surface area (TPSA) is 176 Å². The predicted molar refractivity (Wildman–Crippen MR) is 226 cm³/mol. The summed E-state index contributed by atoms with van der Waals surface area (Å²) in [7, 11) is 0. The van der Waals surface area contributed by atoms with E-state index >= 15 is 0 Å². The number of esters is 1. The fraction of sp³-hybridized carbons (Fsp3) is 0.711. The first-order chi connectivity index (χ1) is 27.5. The molecule has 14 nitrogen and oxygen atoms in total. The van der Waals surface area contributed by atoms with E-state index in [1.807, 2.05) is 70.2 Å². The van der Waals surface area contributed by atoms with Gasteiger partial charge in [-0.3, -0.25) is 14.4 Å². The average Bonchev–Trinajstić information content (AvgIpc) is 3.56. The molecular weight excluding hydrogens is 755 g/mol. The summed E-state index contributed by atoms with van der Waals surface area (Å²) < 4.78 is 16.7. The number of unbranched alkanes of at least 4 members (excludes halogenated alkanes) is 1. The van der Waals surface area contributed by atoms with Gasteiger partial charge in [0.1, 0.15) is 23.8 Å². The van der Waals surface area contributed by atoms with Crippen LogP contribution in [0.4, 0.5) is 9.59 Å². The van der Waals surface area contributed by atoms with Crippen LogP contribution in [0.25, 0.3) is 0 Å². The van der Waals surface area contributed by atoms with Crippen LogP contribution in [0.1, 0.15) is 133 Å². The van der Waals surface area contributed by atoms with E-state index < -0.39 is 64.8 Å². The molecule has 1 aromatic rings. The van der Waals surface area contributed by atoms with Gasteiger partial charge in [0.25, 0.3) is 0 Å². The van der Waals surface area contributed by atoms with Crippen molar-refractivity contribution in [1.82, 2.24) is 25.9 Å². The van der Waals surface area contributed by atoms with Crippen molar-refractivity contribution in [2.75, 3.05) is 13.1 Å². The molecule has 3 rings (SSSR count). The maximum atomic E-state index is 14.4. The van der Waals surface area contributed by atoms with Gasteiger partial charge in [-0.2, -0.15) is 5.06 Å². The second-order valence-corrected chi connectivity index (χ2v) is 19.1. The Bertz CT molecular complexity index is 1550. The van der Waals surface area contributed by atoms with E-state index in [1.54, 1.807) is 39.5 Å². The lowest BCUT2D eigenvalue weighted by molar-refractivity contribution is -0.256. The molecule has 2 heterocycles. The maximum absolute atomic E-state index is 14.4. The molecule has 2 saturated heterocycles. The molecule has 332 valence electrons. The zero-order valence-corrected chi connectivity index (χ0v) is 37.5. The van der Waals surface area contributed by atoms with E-state index in [-0.39, 0.29) is 36.9 Å². The van der Waals surface area contributed by atoms with Crippen LogP contribution in [0.5, 0.6) is 0 Å². The third kappa shape index (κ3) is 16.4. The number of hydroxylamine groups is 2. The third-order valence-corrected chi connectivity index (χ3v) is 10.5. The molecule has 1 aromatic carbocycles. The summed E-state index contributed by atoms with van der Waals surface area (Å²) in [5.74, 6) is -2.76. The monoisotopic (exact) mass is 828 g/mol. The number of hydrogen-bond donors (Lipinski definition) is 4. The van der Waals surface area contributed by atoms with Crippen LogP contribution in [-0.2, 0) is 35.0 Å². The van der Waals surface area contributed by atoms with E-state index in [0.29, 0.717) is 57.9 Å². The van der Waals surface area contributed by atoms with Gasteiger partial charge in [0, 0.05) is 37.0 Å². The first kappa shape index (κ1) is 49.2. The molecule has 0 unspecified atom stereocenters. The van der Waals surface area contributed by atoms with Crippen molar-refractivity contribution in [3.05, 3.63) is 48.0 Å². The summed E-state index contributed by atoms with van der Waals surface area (Å²) in [6.45, 7) is 21.3. The average molecular weight is 828 g/mol. The van der Waals surface area contributed by atoms with Gasteiger partial charge in [-0.05, 0) is 112 Å². The molecule has 4 atom stereocenters. The summed E-state index contributed by atoms with van der Waals surface area (Å²) in [5, 5.41) is 20.6. The van der Waals surface area contributed by atoms with Gasteiger partial charge >= 0.3 is 18.2 Å². The number of nitrogens with one attached hydrogen (secondary N) is 3. The molecule has 2 aliphatic rings. The second kappa shape index (κ2) is 21.9. The molecule has 4 amide bonds. The highest BCUT2D eigenvalue weighted by Gasteiger charge is 2.46. The Morgan fingerprint density at radius 2 is 1.58 bits per heavy atom. The van der Waals surface area contributed by atoms with Crippen LogP contribution in [0.2, 0.25) is 0 Å². The van der Waals surface area contributed by atoms with Crippen molar-refractivity contribution in [3.8, 4) is 0 Å². The Balaban J connectivity index is 1.68. The number of amides is 4. The molecule has 0 aliphatic carbocycles. The fourth-order valence-corrected chi connectivity index (χ4v) is 7.97. The van der Waals surface area contributed by atoms with Crippen molar-refractivity contribution < 1.29 is 43.4 Å². The highest BCUT2D eigenvalue weighted by atomic mass is 16.6. The summed E-state index contributed by atoms with van der Waals surface area (Å²) in [4.78, 5) is 68.6.